The van der Waals surface area contributed by atoms with Crippen LogP contribution < -0.4 is 0 Å². The highest BCUT2D eigenvalue weighted by atomic mass is 19.1. The van der Waals surface area contributed by atoms with Crippen LogP contribution in [0.15, 0.2) is 24.3 Å². The van der Waals surface area contributed by atoms with E-state index in [-0.39, 0.29) is 12.0 Å². The van der Waals surface area contributed by atoms with Gasteiger partial charge in [-0.05, 0) is 19.1 Å². The number of halogens is 1. The van der Waals surface area contributed by atoms with Crippen LogP contribution in [-0.2, 0) is 4.74 Å². The van der Waals surface area contributed by atoms with Crippen molar-refractivity contribution in [1.82, 2.24) is 0 Å². The van der Waals surface area contributed by atoms with Crippen molar-refractivity contribution in [2.45, 2.75) is 25.1 Å². The summed E-state index contributed by atoms with van der Waals surface area (Å²) in [4.78, 5) is 11.1. The van der Waals surface area contributed by atoms with Crippen molar-refractivity contribution >= 4 is 5.97 Å². The fourth-order valence-electron chi connectivity index (χ4n) is 2.25. The molecule has 0 aliphatic heterocycles. The van der Waals surface area contributed by atoms with E-state index < -0.39 is 23.2 Å². The lowest BCUT2D eigenvalue weighted by molar-refractivity contribution is 0.00611. The molecule has 0 saturated heterocycles. The molecule has 108 valence electrons. The molecule has 21 heavy (non-hydrogen) atoms. The lowest BCUT2D eigenvalue weighted by Crippen LogP contribution is -2.38. The Hall–Kier alpha value is -2.37. The van der Waals surface area contributed by atoms with E-state index in [1.54, 1.807) is 25.1 Å². The van der Waals surface area contributed by atoms with Gasteiger partial charge in [0.05, 0.1) is 11.6 Å². The Labute approximate surface area is 122 Å². The normalized spacial score (nSPS) is 25.9. The van der Waals surface area contributed by atoms with Crippen LogP contribution in [0.2, 0.25) is 0 Å². The second-order valence-electron chi connectivity index (χ2n) is 5.09. The van der Waals surface area contributed by atoms with E-state index in [2.05, 4.69) is 11.8 Å². The van der Waals surface area contributed by atoms with Crippen LogP contribution in [0.25, 0.3) is 0 Å². The Morgan fingerprint density at radius 1 is 1.57 bits per heavy atom. The fourth-order valence-corrected chi connectivity index (χ4v) is 2.25. The van der Waals surface area contributed by atoms with Crippen molar-refractivity contribution in [3.63, 3.8) is 0 Å². The third-order valence-electron chi connectivity index (χ3n) is 3.93. The van der Waals surface area contributed by atoms with E-state index in [0.717, 1.165) is 0 Å². The number of aromatic carboxylic acids is 1. The highest BCUT2D eigenvalue weighted by molar-refractivity contribution is 5.90. The summed E-state index contributed by atoms with van der Waals surface area (Å²) in [6, 6.07) is 8.20. The van der Waals surface area contributed by atoms with Gasteiger partial charge in [-0.15, -0.1) is 0 Å². The van der Waals surface area contributed by atoms with E-state index >= 15 is 0 Å². The highest BCUT2D eigenvalue weighted by Gasteiger charge is 2.67. The largest absolute Gasteiger partial charge is 0.478 e. The first-order valence-corrected chi connectivity index (χ1v) is 6.36. The number of benzene rings is 1. The predicted octanol–water partition coefficient (Wildman–Crippen LogP) is 2.39. The standard InChI is InChI=1S/C16H14FNO3/c1-15(21-2,16(10-18)9-13(16)17)8-7-11-5-3-4-6-12(11)14(19)20/h3-6,13H,9H2,1-2H3,(H,19,20)/t13-,15-,16+/m1/s1. The maximum atomic E-state index is 13.6. The van der Waals surface area contributed by atoms with Crippen molar-refractivity contribution in [2.24, 2.45) is 5.41 Å². The molecule has 3 atom stereocenters. The summed E-state index contributed by atoms with van der Waals surface area (Å²) in [5.41, 5.74) is -2.21. The van der Waals surface area contributed by atoms with Crippen molar-refractivity contribution < 1.29 is 19.0 Å². The average molecular weight is 287 g/mol. The molecule has 1 N–H and O–H groups in total. The van der Waals surface area contributed by atoms with Crippen LogP contribution in [0.3, 0.4) is 0 Å². The molecule has 0 radical (unpaired) electrons. The minimum atomic E-state index is -1.28. The summed E-state index contributed by atoms with van der Waals surface area (Å²) in [5, 5.41) is 18.3. The number of ether oxygens (including phenoxy) is 1. The Morgan fingerprint density at radius 3 is 2.67 bits per heavy atom. The molecule has 1 aliphatic rings. The zero-order chi connectivity index (χ0) is 15.7. The summed E-state index contributed by atoms with van der Waals surface area (Å²) in [7, 11) is 1.36. The third kappa shape index (κ3) is 2.37. The molecular weight excluding hydrogens is 273 g/mol. The number of carboxylic acids is 1. The molecule has 2 rings (SSSR count). The molecule has 0 bridgehead atoms. The van der Waals surface area contributed by atoms with Crippen LogP contribution in [0, 0.1) is 28.6 Å². The van der Waals surface area contributed by atoms with Gasteiger partial charge in [0.1, 0.15) is 17.2 Å². The molecule has 0 spiro atoms. The zero-order valence-electron chi connectivity index (χ0n) is 11.7. The molecule has 0 amide bonds. The number of nitrogens with zero attached hydrogens (tertiary/aromatic N) is 1. The number of methoxy groups -OCH3 is 1. The Balaban J connectivity index is 2.43. The van der Waals surface area contributed by atoms with Crippen LogP contribution in [0.1, 0.15) is 29.3 Å². The third-order valence-corrected chi connectivity index (χ3v) is 3.93. The van der Waals surface area contributed by atoms with Gasteiger partial charge in [-0.3, -0.25) is 0 Å². The molecule has 1 aromatic rings. The van der Waals surface area contributed by atoms with Crippen molar-refractivity contribution in [2.75, 3.05) is 7.11 Å². The molecule has 1 aromatic carbocycles. The number of rotatable bonds is 3. The molecule has 1 aliphatic carbocycles. The first-order valence-electron chi connectivity index (χ1n) is 6.36. The number of nitriles is 1. The first kappa shape index (κ1) is 15.0. The topological polar surface area (TPSA) is 70.3 Å². The van der Waals surface area contributed by atoms with Gasteiger partial charge in [0.15, 0.2) is 0 Å². The average Bonchev–Trinajstić information content (AvgIpc) is 3.17. The zero-order valence-corrected chi connectivity index (χ0v) is 11.7. The summed E-state index contributed by atoms with van der Waals surface area (Å²) in [6.07, 6.45) is -1.21. The van der Waals surface area contributed by atoms with E-state index in [4.69, 9.17) is 9.84 Å². The number of carbonyl (C=O) groups is 1. The Morgan fingerprint density at radius 2 is 2.19 bits per heavy atom. The molecule has 0 heterocycles. The highest BCUT2D eigenvalue weighted by Crippen LogP contribution is 2.56. The van der Waals surface area contributed by atoms with E-state index in [1.807, 2.05) is 6.07 Å². The summed E-state index contributed by atoms with van der Waals surface area (Å²) in [5.74, 6) is 4.36. The maximum Gasteiger partial charge on any atom is 0.336 e. The minimum Gasteiger partial charge on any atom is -0.478 e. The number of hydrogen-bond acceptors (Lipinski definition) is 3. The molecule has 4 nitrogen and oxygen atoms in total. The SMILES string of the molecule is CO[C@](C)(C#Cc1ccccc1C(=O)O)[C@]1(C#N)C[C@H]1F. The summed E-state index contributed by atoms with van der Waals surface area (Å²) >= 11 is 0. The van der Waals surface area contributed by atoms with Gasteiger partial charge >= 0.3 is 5.97 Å². The van der Waals surface area contributed by atoms with Gasteiger partial charge in [0.2, 0.25) is 0 Å². The maximum absolute atomic E-state index is 13.6. The molecule has 0 unspecified atom stereocenters. The summed E-state index contributed by atoms with van der Waals surface area (Å²) < 4.78 is 18.8. The van der Waals surface area contributed by atoms with Gasteiger partial charge < -0.3 is 9.84 Å². The Bertz CT molecular complexity index is 685. The minimum absolute atomic E-state index is 0.0575. The Kier molecular flexibility index (Phi) is 3.72. The van der Waals surface area contributed by atoms with E-state index in [1.165, 1.54) is 13.2 Å². The predicted molar refractivity (Wildman–Crippen MR) is 73.3 cm³/mol. The van der Waals surface area contributed by atoms with Crippen molar-refractivity contribution in [1.29, 1.82) is 5.26 Å². The molecule has 1 fully saturated rings. The fraction of sp³-hybridized carbons (Fsp3) is 0.375. The molecule has 5 heteroatoms. The number of carboxylic acid groups (broad SMARTS) is 1. The van der Waals surface area contributed by atoms with Gasteiger partial charge in [0, 0.05) is 19.1 Å². The van der Waals surface area contributed by atoms with Gasteiger partial charge in [-0.25, -0.2) is 9.18 Å². The smallest absolute Gasteiger partial charge is 0.336 e. The number of alkyl halides is 1. The van der Waals surface area contributed by atoms with Gasteiger partial charge in [-0.1, -0.05) is 24.0 Å². The van der Waals surface area contributed by atoms with Crippen molar-refractivity contribution in [3.05, 3.63) is 35.4 Å². The molecule has 1 saturated carbocycles. The molecule has 0 aromatic heterocycles. The van der Waals surface area contributed by atoms with Crippen LogP contribution in [0.5, 0.6) is 0 Å². The summed E-state index contributed by atoms with van der Waals surface area (Å²) in [6.45, 7) is 1.55. The van der Waals surface area contributed by atoms with Crippen LogP contribution in [0.4, 0.5) is 4.39 Å². The number of hydrogen-bond donors (Lipinski definition) is 1. The second kappa shape index (κ2) is 5.20. The van der Waals surface area contributed by atoms with E-state index in [0.29, 0.717) is 5.56 Å². The van der Waals surface area contributed by atoms with Gasteiger partial charge in [-0.2, -0.15) is 5.26 Å². The van der Waals surface area contributed by atoms with Crippen LogP contribution >= 0.6 is 0 Å². The van der Waals surface area contributed by atoms with Crippen LogP contribution in [-0.4, -0.2) is 30.0 Å². The second-order valence-corrected chi connectivity index (χ2v) is 5.09. The molecular formula is C16H14FNO3. The lowest BCUT2D eigenvalue weighted by atomic mass is 9.86. The van der Waals surface area contributed by atoms with E-state index in [9.17, 15) is 14.4 Å². The quantitative estimate of drug-likeness (QED) is 0.867. The first-order chi connectivity index (χ1) is 9.90. The lowest BCUT2D eigenvalue weighted by Gasteiger charge is -2.26. The monoisotopic (exact) mass is 287 g/mol. The van der Waals surface area contributed by atoms with Gasteiger partial charge in [0.25, 0.3) is 0 Å². The van der Waals surface area contributed by atoms with Crippen molar-refractivity contribution in [3.8, 4) is 17.9 Å².